The number of hydrogen-bond donors (Lipinski definition) is 0. The van der Waals surface area contributed by atoms with Crippen molar-refractivity contribution in [2.45, 2.75) is 13.0 Å². The fourth-order valence-corrected chi connectivity index (χ4v) is 3.33. The first kappa shape index (κ1) is 17.6. The number of hydrogen-bond acceptors (Lipinski definition) is 3. The predicted octanol–water partition coefficient (Wildman–Crippen LogP) is 5.41. The minimum Gasteiger partial charge on any atom is -0.486 e. The van der Waals surface area contributed by atoms with E-state index in [1.807, 2.05) is 6.07 Å². The van der Waals surface area contributed by atoms with Gasteiger partial charge in [0.25, 0.3) is 0 Å². The van der Waals surface area contributed by atoms with E-state index in [-0.39, 0.29) is 0 Å². The molecule has 1 unspecified atom stereocenters. The third kappa shape index (κ3) is 3.69. The Labute approximate surface area is 161 Å². The third-order valence-electron chi connectivity index (χ3n) is 5.26. The molecule has 27 heavy (non-hydrogen) atoms. The van der Waals surface area contributed by atoms with Crippen molar-refractivity contribution >= 4 is 0 Å². The summed E-state index contributed by atoms with van der Waals surface area (Å²) in [6.07, 6.45) is 0. The van der Waals surface area contributed by atoms with Crippen LogP contribution < -0.4 is 9.47 Å². The highest BCUT2D eigenvalue weighted by molar-refractivity contribution is 5.72. The second-order valence-corrected chi connectivity index (χ2v) is 7.20. The van der Waals surface area contributed by atoms with E-state index < -0.39 is 0 Å². The quantitative estimate of drug-likeness (QED) is 0.621. The lowest BCUT2D eigenvalue weighted by molar-refractivity contribution is 0.171. The van der Waals surface area contributed by atoms with Crippen LogP contribution >= 0.6 is 0 Å². The highest BCUT2D eigenvalue weighted by Crippen LogP contribution is 2.35. The molecule has 0 fully saturated rings. The molecule has 0 aliphatic carbocycles. The Balaban J connectivity index is 1.55. The Morgan fingerprint density at radius 3 is 1.74 bits per heavy atom. The zero-order valence-electron chi connectivity index (χ0n) is 16.1. The highest BCUT2D eigenvalue weighted by Gasteiger charge is 2.12. The van der Waals surface area contributed by atoms with E-state index in [1.165, 1.54) is 22.3 Å². The molecule has 0 spiro atoms. The molecule has 138 valence electrons. The van der Waals surface area contributed by atoms with Gasteiger partial charge in [0.1, 0.15) is 13.2 Å². The van der Waals surface area contributed by atoms with Gasteiger partial charge in [-0.2, -0.15) is 0 Å². The van der Waals surface area contributed by atoms with Crippen molar-refractivity contribution in [1.29, 1.82) is 0 Å². The molecule has 0 amide bonds. The maximum Gasteiger partial charge on any atom is 0.161 e. The summed E-state index contributed by atoms with van der Waals surface area (Å²) in [6.45, 7) is 3.45. The van der Waals surface area contributed by atoms with Crippen LogP contribution in [0.3, 0.4) is 0 Å². The van der Waals surface area contributed by atoms with Crippen LogP contribution in [0.5, 0.6) is 11.5 Å². The molecule has 0 aromatic heterocycles. The molecule has 1 aliphatic rings. The average molecular weight is 359 g/mol. The normalized spacial score (nSPS) is 14.2. The summed E-state index contributed by atoms with van der Waals surface area (Å²) in [5.74, 6) is 1.65. The first-order valence-electron chi connectivity index (χ1n) is 9.39. The maximum atomic E-state index is 5.70. The van der Waals surface area contributed by atoms with Crippen LogP contribution in [0, 0.1) is 0 Å². The summed E-state index contributed by atoms with van der Waals surface area (Å²) >= 11 is 0. The monoisotopic (exact) mass is 359 g/mol. The fourth-order valence-electron chi connectivity index (χ4n) is 3.33. The molecule has 1 aliphatic heterocycles. The van der Waals surface area contributed by atoms with Gasteiger partial charge in [-0.1, -0.05) is 54.6 Å². The minimum absolute atomic E-state index is 0.414. The second kappa shape index (κ2) is 7.45. The summed E-state index contributed by atoms with van der Waals surface area (Å²) < 4.78 is 11.3. The molecular formula is C24H25NO2. The van der Waals surface area contributed by atoms with E-state index in [0.717, 1.165) is 17.1 Å². The average Bonchev–Trinajstić information content (AvgIpc) is 2.73. The van der Waals surface area contributed by atoms with Crippen molar-refractivity contribution in [3.63, 3.8) is 0 Å². The van der Waals surface area contributed by atoms with Crippen LogP contribution in [-0.2, 0) is 0 Å². The molecular weight excluding hydrogens is 334 g/mol. The number of ether oxygens (including phenoxy) is 2. The van der Waals surface area contributed by atoms with Crippen LogP contribution in [0.25, 0.3) is 22.3 Å². The van der Waals surface area contributed by atoms with Gasteiger partial charge in [0, 0.05) is 6.04 Å². The lowest BCUT2D eigenvalue weighted by Gasteiger charge is -2.20. The van der Waals surface area contributed by atoms with Crippen molar-refractivity contribution in [2.24, 2.45) is 0 Å². The first-order valence-corrected chi connectivity index (χ1v) is 9.39. The lowest BCUT2D eigenvalue weighted by Crippen LogP contribution is -2.16. The smallest absolute Gasteiger partial charge is 0.161 e. The third-order valence-corrected chi connectivity index (χ3v) is 5.26. The topological polar surface area (TPSA) is 21.7 Å². The molecule has 3 aromatic rings. The Bertz CT molecular complexity index is 914. The molecule has 4 rings (SSSR count). The van der Waals surface area contributed by atoms with Crippen molar-refractivity contribution in [3.8, 4) is 33.8 Å². The van der Waals surface area contributed by atoms with E-state index in [2.05, 4.69) is 86.6 Å². The van der Waals surface area contributed by atoms with Crippen LogP contribution in [0.4, 0.5) is 0 Å². The summed E-state index contributed by atoms with van der Waals surface area (Å²) in [5.41, 5.74) is 6.10. The number of rotatable bonds is 4. The Hall–Kier alpha value is -2.78. The summed E-state index contributed by atoms with van der Waals surface area (Å²) in [6, 6.07) is 24.1. The molecule has 3 heteroatoms. The van der Waals surface area contributed by atoms with E-state index >= 15 is 0 Å². The van der Waals surface area contributed by atoms with E-state index in [9.17, 15) is 0 Å². The highest BCUT2D eigenvalue weighted by atomic mass is 16.6. The van der Waals surface area contributed by atoms with E-state index in [0.29, 0.717) is 19.3 Å². The molecule has 3 nitrogen and oxygen atoms in total. The zero-order valence-corrected chi connectivity index (χ0v) is 16.1. The van der Waals surface area contributed by atoms with Gasteiger partial charge in [-0.15, -0.1) is 0 Å². The standard InChI is InChI=1S/C24H25NO2/c1-17(25(2)3)18-4-6-19(7-5-18)20-8-10-21(11-9-20)22-12-13-23-24(16-22)27-15-14-26-23/h4-13,16-17H,14-15H2,1-3H3. The molecule has 1 heterocycles. The van der Waals surface area contributed by atoms with Gasteiger partial charge in [-0.05, 0) is 61.0 Å². The van der Waals surface area contributed by atoms with E-state index in [1.54, 1.807) is 0 Å². The van der Waals surface area contributed by atoms with Gasteiger partial charge in [0.15, 0.2) is 11.5 Å². The summed E-state index contributed by atoms with van der Waals surface area (Å²) in [5, 5.41) is 0. The van der Waals surface area contributed by atoms with Crippen molar-refractivity contribution in [3.05, 3.63) is 72.3 Å². The SMILES string of the molecule is CC(c1ccc(-c2ccc(-c3ccc4c(c3)OCCO4)cc2)cc1)N(C)C. The molecule has 0 saturated heterocycles. The summed E-state index contributed by atoms with van der Waals surface area (Å²) in [7, 11) is 4.21. The Morgan fingerprint density at radius 1 is 0.667 bits per heavy atom. The molecule has 0 saturated carbocycles. The van der Waals surface area contributed by atoms with Gasteiger partial charge in [-0.25, -0.2) is 0 Å². The second-order valence-electron chi connectivity index (χ2n) is 7.20. The number of benzene rings is 3. The van der Waals surface area contributed by atoms with Gasteiger partial charge >= 0.3 is 0 Å². The van der Waals surface area contributed by atoms with Crippen molar-refractivity contribution in [1.82, 2.24) is 4.90 Å². The van der Waals surface area contributed by atoms with E-state index in [4.69, 9.17) is 9.47 Å². The van der Waals surface area contributed by atoms with Crippen molar-refractivity contribution in [2.75, 3.05) is 27.3 Å². The number of nitrogens with zero attached hydrogens (tertiary/aromatic N) is 1. The first-order chi connectivity index (χ1) is 13.1. The van der Waals surface area contributed by atoms with Gasteiger partial charge in [0.2, 0.25) is 0 Å². The summed E-state index contributed by atoms with van der Waals surface area (Å²) in [4.78, 5) is 2.22. The fraction of sp³-hybridized carbons (Fsp3) is 0.250. The Morgan fingerprint density at radius 2 is 1.15 bits per heavy atom. The van der Waals surface area contributed by atoms with Crippen LogP contribution in [0.1, 0.15) is 18.5 Å². The number of fused-ring (bicyclic) bond motifs is 1. The van der Waals surface area contributed by atoms with Gasteiger partial charge in [0.05, 0.1) is 0 Å². The minimum atomic E-state index is 0.414. The molecule has 0 bridgehead atoms. The van der Waals surface area contributed by atoms with Crippen LogP contribution in [-0.4, -0.2) is 32.2 Å². The zero-order chi connectivity index (χ0) is 18.8. The van der Waals surface area contributed by atoms with Crippen molar-refractivity contribution < 1.29 is 9.47 Å². The lowest BCUT2D eigenvalue weighted by atomic mass is 9.98. The molecule has 0 N–H and O–H groups in total. The van der Waals surface area contributed by atoms with Gasteiger partial charge < -0.3 is 14.4 Å². The Kier molecular flexibility index (Phi) is 4.87. The largest absolute Gasteiger partial charge is 0.486 e. The maximum absolute atomic E-state index is 5.70. The van der Waals surface area contributed by atoms with Gasteiger partial charge in [-0.3, -0.25) is 0 Å². The predicted molar refractivity (Wildman–Crippen MR) is 110 cm³/mol. The van der Waals surface area contributed by atoms with Crippen LogP contribution in [0.15, 0.2) is 66.7 Å². The molecule has 1 atom stereocenters. The molecule has 3 aromatic carbocycles. The molecule has 0 radical (unpaired) electrons. The van der Waals surface area contributed by atoms with Crippen LogP contribution in [0.2, 0.25) is 0 Å².